The number of carbonyl (C=O) groups excluding carboxylic acids is 2. The van der Waals surface area contributed by atoms with Gasteiger partial charge in [0.1, 0.15) is 10.6 Å². The largest absolute Gasteiger partial charge is 0.435 e. The smallest absolute Gasteiger partial charge is 0.334 e. The number of nitrogens with zero attached hydrogens (tertiary/aromatic N) is 1. The van der Waals surface area contributed by atoms with Crippen LogP contribution in [-0.4, -0.2) is 50.1 Å². The van der Waals surface area contributed by atoms with E-state index in [1.165, 1.54) is 23.1 Å². The van der Waals surface area contributed by atoms with Gasteiger partial charge in [0.05, 0.1) is 17.4 Å². The molecule has 1 N–H and O–H groups in total. The summed E-state index contributed by atoms with van der Waals surface area (Å²) < 4.78 is 137. The third kappa shape index (κ3) is 4.44. The van der Waals surface area contributed by atoms with Crippen molar-refractivity contribution >= 4 is 27.3 Å². The maximum Gasteiger partial charge on any atom is 0.435 e. The van der Waals surface area contributed by atoms with Crippen molar-refractivity contribution in [2.24, 2.45) is 0 Å². The Kier molecular flexibility index (Phi) is 6.88. The lowest BCUT2D eigenvalue weighted by atomic mass is 9.76. The highest BCUT2D eigenvalue weighted by atomic mass is 32.2. The molecule has 2 aliphatic heterocycles. The number of amides is 2. The van der Waals surface area contributed by atoms with E-state index >= 15 is 4.39 Å². The number of fused-ring (bicyclic) bond motifs is 4. The lowest BCUT2D eigenvalue weighted by Gasteiger charge is -2.43. The molecule has 1 aliphatic carbocycles. The lowest BCUT2D eigenvalue weighted by molar-refractivity contribution is -0.348. The van der Waals surface area contributed by atoms with Crippen LogP contribution in [-0.2, 0) is 37.9 Å². The summed E-state index contributed by atoms with van der Waals surface area (Å²) in [5, 5.41) is 2.63. The number of aryl methyl sites for hydroxylation is 1. The van der Waals surface area contributed by atoms with Crippen LogP contribution < -0.4 is 5.32 Å². The minimum atomic E-state index is -6.37. The van der Waals surface area contributed by atoms with E-state index in [1.54, 1.807) is 0 Å². The molecule has 3 aliphatic rings. The Morgan fingerprint density at radius 3 is 2.20 bits per heavy atom. The summed E-state index contributed by atoms with van der Waals surface area (Å²) in [6, 6.07) is 8.46. The predicted molar refractivity (Wildman–Crippen MR) is 143 cm³/mol. The number of nitrogens with one attached hydrogen (secondary N) is 1. The summed E-state index contributed by atoms with van der Waals surface area (Å²) in [6.45, 7) is -0.169. The second-order valence-corrected chi connectivity index (χ2v) is 13.5. The van der Waals surface area contributed by atoms with E-state index in [0.717, 1.165) is 30.3 Å². The third-order valence-electron chi connectivity index (χ3n) is 8.91. The molecule has 0 aromatic heterocycles. The first kappa shape index (κ1) is 31.0. The van der Waals surface area contributed by atoms with Gasteiger partial charge in [-0.1, -0.05) is 18.2 Å². The van der Waals surface area contributed by atoms with E-state index in [2.05, 4.69) is 5.32 Å². The molecule has 1 saturated heterocycles. The topological polar surface area (TPSA) is 83.6 Å². The zero-order valence-electron chi connectivity index (χ0n) is 22.9. The Bertz CT molecular complexity index is 1830. The molecular formula is C30H22F8N2O4S. The molecule has 45 heavy (non-hydrogen) atoms. The number of alkyl halides is 7. The predicted octanol–water partition coefficient (Wildman–Crippen LogP) is 6.14. The number of rotatable bonds is 4. The monoisotopic (exact) mass is 658 g/mol. The van der Waals surface area contributed by atoms with Gasteiger partial charge in [-0.25, -0.2) is 17.2 Å². The molecule has 0 saturated carbocycles. The van der Waals surface area contributed by atoms with Crippen LogP contribution in [0.3, 0.4) is 0 Å². The van der Waals surface area contributed by atoms with Gasteiger partial charge in [-0.2, -0.15) is 26.3 Å². The molecule has 0 bridgehead atoms. The van der Waals surface area contributed by atoms with Crippen LogP contribution in [0, 0.1) is 5.82 Å². The van der Waals surface area contributed by atoms with Crippen LogP contribution >= 0.6 is 0 Å². The van der Waals surface area contributed by atoms with Crippen LogP contribution in [0.1, 0.15) is 45.5 Å². The molecule has 6 rings (SSSR count). The van der Waals surface area contributed by atoms with Crippen molar-refractivity contribution in [2.45, 2.75) is 59.4 Å². The van der Waals surface area contributed by atoms with Crippen LogP contribution in [0.5, 0.6) is 0 Å². The van der Waals surface area contributed by atoms with Crippen molar-refractivity contribution in [2.75, 3.05) is 11.9 Å². The molecular weight excluding hydrogens is 636 g/mol. The average molecular weight is 659 g/mol. The first-order chi connectivity index (χ1) is 20.9. The second-order valence-electron chi connectivity index (χ2n) is 11.3. The number of halogens is 8. The number of benzene rings is 3. The molecule has 0 spiro atoms. The van der Waals surface area contributed by atoms with Crippen LogP contribution in [0.15, 0.2) is 65.6 Å². The maximum absolute atomic E-state index is 15.0. The van der Waals surface area contributed by atoms with Crippen molar-refractivity contribution < 1.29 is 53.1 Å². The number of hydrogen-bond donors (Lipinski definition) is 1. The molecule has 3 aromatic carbocycles. The van der Waals surface area contributed by atoms with Gasteiger partial charge in [0, 0.05) is 23.4 Å². The van der Waals surface area contributed by atoms with Crippen LogP contribution in [0.2, 0.25) is 0 Å². The lowest BCUT2D eigenvalue weighted by Crippen LogP contribution is -2.53. The molecule has 6 nitrogen and oxygen atoms in total. The quantitative estimate of drug-likeness (QED) is 0.270. The first-order valence-electron chi connectivity index (χ1n) is 13.6. The molecule has 1 fully saturated rings. The highest BCUT2D eigenvalue weighted by molar-refractivity contribution is 7.92. The zero-order chi connectivity index (χ0) is 32.7. The van der Waals surface area contributed by atoms with E-state index in [1.807, 2.05) is 0 Å². The normalized spacial score (nSPS) is 21.6. The Hall–Kier alpha value is -4.01. The molecule has 3 aromatic rings. The van der Waals surface area contributed by atoms with Gasteiger partial charge in [0.25, 0.3) is 5.91 Å². The minimum absolute atomic E-state index is 0.0182. The van der Waals surface area contributed by atoms with Crippen molar-refractivity contribution in [3.05, 3.63) is 94.3 Å². The van der Waals surface area contributed by atoms with Crippen molar-refractivity contribution in [1.29, 1.82) is 0 Å². The van der Waals surface area contributed by atoms with Gasteiger partial charge in [-0.05, 0) is 78.4 Å². The van der Waals surface area contributed by atoms with Crippen molar-refractivity contribution in [1.82, 2.24) is 4.90 Å². The summed E-state index contributed by atoms with van der Waals surface area (Å²) in [4.78, 5) is 26.5. The van der Waals surface area contributed by atoms with Gasteiger partial charge < -0.3 is 10.2 Å². The van der Waals surface area contributed by atoms with E-state index in [-0.39, 0.29) is 65.8 Å². The van der Waals surface area contributed by atoms with Gasteiger partial charge in [0.2, 0.25) is 5.91 Å². The maximum atomic E-state index is 15.0. The average Bonchev–Trinajstić information content (AvgIpc) is 3.55. The summed E-state index contributed by atoms with van der Waals surface area (Å²) >= 11 is 0. The van der Waals surface area contributed by atoms with E-state index in [4.69, 9.17) is 0 Å². The minimum Gasteiger partial charge on any atom is -0.334 e. The standard InChI is InChI=1S/C30H22F8N2O4S/c31-20-4-6-21(7-5-20)45(43,44)27-11-12-40(26(42)17-1-9-23-18(13-17)15-25(41)39-23)24(27)10-2-16-14-19(3-8-22(16)27)28(32,29(33,34)35)30(36,37)38/h1,3-9,13-14,24H,2,10-12,15H2,(H,39,41)/t24-,27-/m1/s1. The molecule has 0 radical (unpaired) electrons. The second kappa shape index (κ2) is 9.99. The third-order valence-corrected chi connectivity index (χ3v) is 11.5. The molecule has 238 valence electrons. The number of anilines is 1. The highest BCUT2D eigenvalue weighted by Gasteiger charge is 2.74. The van der Waals surface area contributed by atoms with E-state index in [0.29, 0.717) is 17.3 Å². The fraction of sp³-hybridized carbons (Fsp3) is 0.333. The fourth-order valence-corrected chi connectivity index (χ4v) is 9.19. The summed E-state index contributed by atoms with van der Waals surface area (Å²) in [5.74, 6) is -1.64. The summed E-state index contributed by atoms with van der Waals surface area (Å²) in [7, 11) is -4.61. The van der Waals surface area contributed by atoms with Gasteiger partial charge >= 0.3 is 18.0 Å². The Balaban J connectivity index is 1.50. The van der Waals surface area contributed by atoms with Crippen molar-refractivity contribution in [3.8, 4) is 0 Å². The van der Waals surface area contributed by atoms with Crippen molar-refractivity contribution in [3.63, 3.8) is 0 Å². The highest BCUT2D eigenvalue weighted by Crippen LogP contribution is 2.57. The fourth-order valence-electron chi connectivity index (χ4n) is 6.83. The number of hydrogen-bond acceptors (Lipinski definition) is 4. The van der Waals surface area contributed by atoms with E-state index < -0.39 is 55.9 Å². The zero-order valence-corrected chi connectivity index (χ0v) is 23.7. The summed E-state index contributed by atoms with van der Waals surface area (Å²) in [5.41, 5.74) is -6.70. The molecule has 2 atom stereocenters. The Labute approximate surface area is 250 Å². The van der Waals surface area contributed by atoms with Crippen LogP contribution in [0.25, 0.3) is 0 Å². The number of carbonyl (C=O) groups is 2. The van der Waals surface area contributed by atoms with Crippen LogP contribution in [0.4, 0.5) is 40.8 Å². The van der Waals surface area contributed by atoms with Gasteiger partial charge in [-0.3, -0.25) is 9.59 Å². The molecule has 2 heterocycles. The Morgan fingerprint density at radius 1 is 0.889 bits per heavy atom. The van der Waals surface area contributed by atoms with E-state index in [9.17, 15) is 48.7 Å². The number of likely N-dealkylation sites (tertiary alicyclic amines) is 1. The van der Waals surface area contributed by atoms with Gasteiger partial charge in [-0.15, -0.1) is 0 Å². The van der Waals surface area contributed by atoms with Gasteiger partial charge in [0.15, 0.2) is 9.84 Å². The first-order valence-corrected chi connectivity index (χ1v) is 15.1. The Morgan fingerprint density at radius 2 is 1.56 bits per heavy atom. The molecule has 2 amide bonds. The SMILES string of the molecule is O=C1Cc2cc(C(=O)N3CC[C@@]4(S(=O)(=O)c5ccc(F)cc5)c5ccc(C(F)(C(F)(F)F)C(F)(F)F)cc5CC[C@@H]34)ccc2N1. The molecule has 15 heteroatoms. The number of sulfone groups is 1. The molecule has 0 unspecified atom stereocenters. The summed E-state index contributed by atoms with van der Waals surface area (Å²) in [6.07, 6.45) is -13.5.